The van der Waals surface area contributed by atoms with Crippen LogP contribution in [0.3, 0.4) is 0 Å². The Hall–Kier alpha value is -3.62. The number of carbonyl (C=O) groups excluding carboxylic acids is 3. The van der Waals surface area contributed by atoms with Crippen molar-refractivity contribution in [3.05, 3.63) is 81.6 Å². The zero-order valence-corrected chi connectivity index (χ0v) is 19.2. The SMILES string of the molecule is COCCOC(=O)c1c(C)[nH]c(C(=O)Nc2ccccc2C(=O)Nc2ccc(Cl)cc2)c1C. The van der Waals surface area contributed by atoms with E-state index in [1.165, 1.54) is 7.11 Å². The number of methoxy groups -OCH3 is 1. The minimum atomic E-state index is -0.542. The molecule has 1 heterocycles. The number of para-hydroxylation sites is 1. The van der Waals surface area contributed by atoms with Gasteiger partial charge in [0.25, 0.3) is 11.8 Å². The van der Waals surface area contributed by atoms with Crippen LogP contribution < -0.4 is 10.6 Å². The van der Waals surface area contributed by atoms with Crippen molar-refractivity contribution in [2.24, 2.45) is 0 Å². The maximum absolute atomic E-state index is 13.0. The average molecular weight is 470 g/mol. The third-order valence-corrected chi connectivity index (χ3v) is 5.16. The van der Waals surface area contributed by atoms with Crippen LogP contribution in [-0.2, 0) is 9.47 Å². The fourth-order valence-corrected chi connectivity index (χ4v) is 3.41. The van der Waals surface area contributed by atoms with Crippen molar-refractivity contribution in [1.82, 2.24) is 4.98 Å². The van der Waals surface area contributed by atoms with Crippen LogP contribution in [0, 0.1) is 13.8 Å². The number of anilines is 2. The van der Waals surface area contributed by atoms with E-state index in [4.69, 9.17) is 21.1 Å². The van der Waals surface area contributed by atoms with Crippen LogP contribution in [0.5, 0.6) is 0 Å². The lowest BCUT2D eigenvalue weighted by atomic mass is 10.1. The zero-order valence-electron chi connectivity index (χ0n) is 18.5. The van der Waals surface area contributed by atoms with Gasteiger partial charge in [-0.2, -0.15) is 0 Å². The van der Waals surface area contributed by atoms with Crippen LogP contribution in [0.15, 0.2) is 48.5 Å². The molecule has 0 aliphatic rings. The van der Waals surface area contributed by atoms with Crippen molar-refractivity contribution in [2.45, 2.75) is 13.8 Å². The number of nitrogens with one attached hydrogen (secondary N) is 3. The van der Waals surface area contributed by atoms with Gasteiger partial charge >= 0.3 is 5.97 Å². The Bertz CT molecular complexity index is 1170. The normalized spacial score (nSPS) is 10.5. The van der Waals surface area contributed by atoms with Crippen molar-refractivity contribution in [3.63, 3.8) is 0 Å². The van der Waals surface area contributed by atoms with Crippen LogP contribution in [-0.4, -0.2) is 43.1 Å². The maximum Gasteiger partial charge on any atom is 0.340 e. The summed E-state index contributed by atoms with van der Waals surface area (Å²) < 4.78 is 10.1. The first-order valence-electron chi connectivity index (χ1n) is 10.1. The van der Waals surface area contributed by atoms with Gasteiger partial charge < -0.3 is 25.1 Å². The first-order chi connectivity index (χ1) is 15.8. The molecule has 0 fully saturated rings. The monoisotopic (exact) mass is 469 g/mol. The average Bonchev–Trinajstić information content (AvgIpc) is 3.09. The number of hydrogen-bond donors (Lipinski definition) is 3. The van der Waals surface area contributed by atoms with Crippen molar-refractivity contribution in [2.75, 3.05) is 31.0 Å². The molecule has 1 aromatic heterocycles. The zero-order chi connectivity index (χ0) is 24.0. The molecule has 0 atom stereocenters. The lowest BCUT2D eigenvalue weighted by Crippen LogP contribution is -2.19. The van der Waals surface area contributed by atoms with E-state index in [1.807, 2.05) is 0 Å². The third kappa shape index (κ3) is 5.79. The molecular weight excluding hydrogens is 446 g/mol. The Balaban J connectivity index is 1.79. The molecule has 0 unspecified atom stereocenters. The summed E-state index contributed by atoms with van der Waals surface area (Å²) in [6.07, 6.45) is 0. The number of H-pyrrole nitrogens is 1. The lowest BCUT2D eigenvalue weighted by molar-refractivity contribution is 0.0386. The van der Waals surface area contributed by atoms with E-state index in [9.17, 15) is 14.4 Å². The highest BCUT2D eigenvalue weighted by Crippen LogP contribution is 2.23. The molecule has 0 radical (unpaired) electrons. The largest absolute Gasteiger partial charge is 0.460 e. The number of aromatic nitrogens is 1. The Kier molecular flexibility index (Phi) is 7.87. The Labute approximate surface area is 196 Å². The standard InChI is InChI=1S/C24H24ClN3O5/c1-14-20(24(31)33-13-12-32-3)15(2)26-21(14)23(30)28-19-7-5-4-6-18(19)22(29)27-17-10-8-16(25)9-11-17/h4-11,26H,12-13H2,1-3H3,(H,27,29)(H,28,30). The maximum atomic E-state index is 13.0. The van der Waals surface area contributed by atoms with E-state index >= 15 is 0 Å². The summed E-state index contributed by atoms with van der Waals surface area (Å²) in [5, 5.41) is 6.08. The van der Waals surface area contributed by atoms with E-state index in [-0.39, 0.29) is 24.5 Å². The summed E-state index contributed by atoms with van der Waals surface area (Å²) >= 11 is 5.88. The summed E-state index contributed by atoms with van der Waals surface area (Å²) in [5.74, 6) is -1.42. The molecule has 2 amide bonds. The highest BCUT2D eigenvalue weighted by molar-refractivity contribution is 6.30. The number of benzene rings is 2. The van der Waals surface area contributed by atoms with Crippen LogP contribution >= 0.6 is 11.6 Å². The number of carbonyl (C=O) groups is 3. The molecule has 0 aliphatic carbocycles. The number of rotatable bonds is 8. The number of halogens is 1. The summed E-state index contributed by atoms with van der Waals surface area (Å²) in [6.45, 7) is 3.72. The second-order valence-corrected chi connectivity index (χ2v) is 7.65. The predicted molar refractivity (Wildman–Crippen MR) is 126 cm³/mol. The van der Waals surface area contributed by atoms with Gasteiger partial charge in [-0.25, -0.2) is 4.79 Å². The molecule has 33 heavy (non-hydrogen) atoms. The van der Waals surface area contributed by atoms with E-state index in [2.05, 4.69) is 15.6 Å². The van der Waals surface area contributed by atoms with Gasteiger partial charge in [0.1, 0.15) is 12.3 Å². The number of esters is 1. The minimum absolute atomic E-state index is 0.108. The van der Waals surface area contributed by atoms with Gasteiger partial charge in [-0.15, -0.1) is 0 Å². The van der Waals surface area contributed by atoms with Gasteiger partial charge in [0.15, 0.2) is 0 Å². The summed E-state index contributed by atoms with van der Waals surface area (Å²) in [4.78, 5) is 41.1. The van der Waals surface area contributed by atoms with Crippen molar-refractivity contribution in [3.8, 4) is 0 Å². The molecule has 9 heteroatoms. The highest BCUT2D eigenvalue weighted by atomic mass is 35.5. The molecule has 2 aromatic carbocycles. The quantitative estimate of drug-likeness (QED) is 0.330. The van der Waals surface area contributed by atoms with Crippen molar-refractivity contribution >= 4 is 40.8 Å². The number of amides is 2. The molecule has 3 rings (SSSR count). The fraction of sp³-hybridized carbons (Fsp3) is 0.208. The summed E-state index contributed by atoms with van der Waals surface area (Å²) in [5.41, 5.74) is 2.64. The van der Waals surface area contributed by atoms with Crippen LogP contribution in [0.1, 0.15) is 42.5 Å². The number of ether oxygens (including phenoxy) is 2. The van der Waals surface area contributed by atoms with E-state index in [0.717, 1.165) is 0 Å². The molecule has 0 spiro atoms. The second kappa shape index (κ2) is 10.8. The van der Waals surface area contributed by atoms with Gasteiger partial charge in [-0.3, -0.25) is 9.59 Å². The van der Waals surface area contributed by atoms with Crippen molar-refractivity contribution in [1.29, 1.82) is 0 Å². The van der Waals surface area contributed by atoms with Gasteiger partial charge in [0.2, 0.25) is 0 Å². The molecule has 0 bridgehead atoms. The van der Waals surface area contributed by atoms with Gasteiger partial charge in [0, 0.05) is 23.5 Å². The molecule has 8 nitrogen and oxygen atoms in total. The molecule has 0 saturated carbocycles. The van der Waals surface area contributed by atoms with Crippen LogP contribution in [0.2, 0.25) is 5.02 Å². The minimum Gasteiger partial charge on any atom is -0.460 e. The van der Waals surface area contributed by atoms with Crippen LogP contribution in [0.4, 0.5) is 11.4 Å². The van der Waals surface area contributed by atoms with Crippen molar-refractivity contribution < 1.29 is 23.9 Å². The van der Waals surface area contributed by atoms with E-state index in [0.29, 0.717) is 33.2 Å². The number of hydrogen-bond acceptors (Lipinski definition) is 5. The fourth-order valence-electron chi connectivity index (χ4n) is 3.28. The summed E-state index contributed by atoms with van der Waals surface area (Å²) in [7, 11) is 1.51. The van der Waals surface area contributed by atoms with E-state index < -0.39 is 17.8 Å². The van der Waals surface area contributed by atoms with Crippen LogP contribution in [0.25, 0.3) is 0 Å². The first kappa shape index (κ1) is 24.0. The van der Waals surface area contributed by atoms with Gasteiger partial charge in [-0.05, 0) is 55.8 Å². The molecular formula is C24H24ClN3O5. The molecule has 3 N–H and O–H groups in total. The molecule has 172 valence electrons. The van der Waals surface area contributed by atoms with Gasteiger partial charge in [0.05, 0.1) is 23.4 Å². The third-order valence-electron chi connectivity index (χ3n) is 4.91. The number of aromatic amines is 1. The Morgan fingerprint density at radius 1 is 0.939 bits per heavy atom. The lowest BCUT2D eigenvalue weighted by Gasteiger charge is -2.11. The first-order valence-corrected chi connectivity index (χ1v) is 10.5. The number of aryl methyl sites for hydroxylation is 1. The van der Waals surface area contributed by atoms with Gasteiger partial charge in [-0.1, -0.05) is 23.7 Å². The topological polar surface area (TPSA) is 110 Å². The highest BCUT2D eigenvalue weighted by Gasteiger charge is 2.24. The molecule has 0 saturated heterocycles. The van der Waals surface area contributed by atoms with E-state index in [1.54, 1.807) is 62.4 Å². The summed E-state index contributed by atoms with van der Waals surface area (Å²) in [6, 6.07) is 13.3. The predicted octanol–water partition coefficient (Wildman–Crippen LogP) is 4.59. The Morgan fingerprint density at radius 3 is 2.33 bits per heavy atom. The molecule has 0 aliphatic heterocycles. The molecule has 3 aromatic rings. The second-order valence-electron chi connectivity index (χ2n) is 7.21. The Morgan fingerprint density at radius 2 is 1.64 bits per heavy atom. The smallest absolute Gasteiger partial charge is 0.340 e.